The lowest BCUT2D eigenvalue weighted by atomic mass is 9.93. The second kappa shape index (κ2) is 9.14. The molecule has 0 fully saturated rings. The number of rotatable bonds is 9. The summed E-state index contributed by atoms with van der Waals surface area (Å²) in [5.74, 6) is 0.799. The molecule has 1 rings (SSSR count). The molecule has 0 heterocycles. The molecule has 0 aromatic heterocycles. The number of benzene rings is 1. The topological polar surface area (TPSA) is 35.5 Å². The number of hydrogen-bond donors (Lipinski definition) is 0. The lowest BCUT2D eigenvalue weighted by Crippen LogP contribution is -2.29. The lowest BCUT2D eigenvalue weighted by molar-refractivity contribution is -0.117. The number of carbonyl (C=O) groups is 1. The van der Waals surface area contributed by atoms with Gasteiger partial charge in [0, 0.05) is 11.8 Å². The highest BCUT2D eigenvalue weighted by atomic mass is 16.5. The van der Waals surface area contributed by atoms with Gasteiger partial charge in [-0.2, -0.15) is 0 Å². The monoisotopic (exact) mass is 288 g/mol. The van der Waals surface area contributed by atoms with Gasteiger partial charge in [0.05, 0.1) is 19.8 Å². The predicted octanol–water partition coefficient (Wildman–Crippen LogP) is 3.79. The highest BCUT2D eigenvalue weighted by Crippen LogP contribution is 2.20. The molecule has 0 bridgehead atoms. The van der Waals surface area contributed by atoms with Crippen molar-refractivity contribution < 1.29 is 14.3 Å². The zero-order valence-electron chi connectivity index (χ0n) is 13.0. The lowest BCUT2D eigenvalue weighted by Gasteiger charge is -2.25. The summed E-state index contributed by atoms with van der Waals surface area (Å²) in [6, 6.07) is 7.73. The number of aldehydes is 1. The first-order valence-corrected chi connectivity index (χ1v) is 7.11. The second-order valence-corrected chi connectivity index (χ2v) is 5.10. The van der Waals surface area contributed by atoms with Crippen LogP contribution in [0.4, 0.5) is 0 Å². The Morgan fingerprint density at radius 2 is 1.86 bits per heavy atom. The molecular formula is C18H24O3. The summed E-state index contributed by atoms with van der Waals surface area (Å²) in [5.41, 5.74) is 1.05. The van der Waals surface area contributed by atoms with Gasteiger partial charge in [-0.3, -0.25) is 0 Å². The molecule has 0 aliphatic rings. The predicted molar refractivity (Wildman–Crippen MR) is 85.3 cm³/mol. The standard InChI is InChI=1S/C18H24O3/c1-5-6-7-14(2)18(15(3)12-19)21-13-16-8-10-17(20-4)11-9-16/h5-12,14-15,18H,1,13H2,2-4H3/b7-6-/t14-,15-,18-/m0/s1. The Morgan fingerprint density at radius 3 is 2.38 bits per heavy atom. The maximum absolute atomic E-state index is 11.1. The first-order valence-electron chi connectivity index (χ1n) is 7.11. The number of allylic oxidation sites excluding steroid dienone is 2. The molecule has 3 heteroatoms. The molecule has 0 amide bonds. The van der Waals surface area contributed by atoms with Crippen molar-refractivity contribution in [1.29, 1.82) is 0 Å². The van der Waals surface area contributed by atoms with Crippen LogP contribution >= 0.6 is 0 Å². The fourth-order valence-electron chi connectivity index (χ4n) is 2.14. The van der Waals surface area contributed by atoms with E-state index >= 15 is 0 Å². The van der Waals surface area contributed by atoms with Gasteiger partial charge in [0.1, 0.15) is 12.0 Å². The van der Waals surface area contributed by atoms with Crippen molar-refractivity contribution in [2.24, 2.45) is 11.8 Å². The van der Waals surface area contributed by atoms with Gasteiger partial charge >= 0.3 is 0 Å². The summed E-state index contributed by atoms with van der Waals surface area (Å²) in [6.45, 7) is 8.05. The van der Waals surface area contributed by atoms with Gasteiger partial charge in [-0.1, -0.05) is 50.8 Å². The van der Waals surface area contributed by atoms with Crippen LogP contribution in [0.5, 0.6) is 5.75 Å². The van der Waals surface area contributed by atoms with Crippen molar-refractivity contribution >= 4 is 6.29 Å². The van der Waals surface area contributed by atoms with Crippen molar-refractivity contribution in [3.05, 3.63) is 54.6 Å². The van der Waals surface area contributed by atoms with Crippen LogP contribution < -0.4 is 4.74 Å². The van der Waals surface area contributed by atoms with E-state index in [4.69, 9.17) is 9.47 Å². The maximum Gasteiger partial charge on any atom is 0.125 e. The highest BCUT2D eigenvalue weighted by Gasteiger charge is 2.22. The molecule has 0 aliphatic heterocycles. The van der Waals surface area contributed by atoms with Crippen molar-refractivity contribution in [3.8, 4) is 5.75 Å². The van der Waals surface area contributed by atoms with Crippen LogP contribution in [0.3, 0.4) is 0 Å². The van der Waals surface area contributed by atoms with E-state index in [0.717, 1.165) is 17.6 Å². The van der Waals surface area contributed by atoms with Crippen LogP contribution in [0.15, 0.2) is 49.1 Å². The van der Waals surface area contributed by atoms with Crippen molar-refractivity contribution in [3.63, 3.8) is 0 Å². The van der Waals surface area contributed by atoms with E-state index in [2.05, 4.69) is 6.58 Å². The molecule has 1 aromatic rings. The van der Waals surface area contributed by atoms with E-state index in [9.17, 15) is 4.79 Å². The molecule has 114 valence electrons. The molecular weight excluding hydrogens is 264 g/mol. The molecule has 0 saturated heterocycles. The van der Waals surface area contributed by atoms with Crippen LogP contribution in [0.1, 0.15) is 19.4 Å². The van der Waals surface area contributed by atoms with Gasteiger partial charge in [0.15, 0.2) is 0 Å². The van der Waals surface area contributed by atoms with E-state index in [1.54, 1.807) is 13.2 Å². The van der Waals surface area contributed by atoms with E-state index in [1.165, 1.54) is 0 Å². The van der Waals surface area contributed by atoms with Gasteiger partial charge in [-0.25, -0.2) is 0 Å². The van der Waals surface area contributed by atoms with Crippen LogP contribution in [-0.4, -0.2) is 19.5 Å². The quantitative estimate of drug-likeness (QED) is 0.512. The van der Waals surface area contributed by atoms with Gasteiger partial charge in [0.25, 0.3) is 0 Å². The molecule has 0 saturated carbocycles. The number of carbonyl (C=O) groups excluding carboxylic acids is 1. The van der Waals surface area contributed by atoms with Gasteiger partial charge in [-0.05, 0) is 17.7 Å². The summed E-state index contributed by atoms with van der Waals surface area (Å²) in [5, 5.41) is 0. The third kappa shape index (κ3) is 5.56. The number of ether oxygens (including phenoxy) is 2. The van der Waals surface area contributed by atoms with Gasteiger partial charge in [-0.15, -0.1) is 0 Å². The smallest absolute Gasteiger partial charge is 0.125 e. The zero-order valence-corrected chi connectivity index (χ0v) is 13.0. The normalized spacial score (nSPS) is 15.4. The minimum atomic E-state index is -0.160. The molecule has 3 atom stereocenters. The Bertz CT molecular complexity index is 462. The Balaban J connectivity index is 2.69. The SMILES string of the molecule is C=C/C=C\[C@H](C)[C@H](OCc1ccc(OC)cc1)[C@@H](C)C=O. The van der Waals surface area contributed by atoms with Gasteiger partial charge in [0.2, 0.25) is 0 Å². The van der Waals surface area contributed by atoms with Crippen LogP contribution in [0, 0.1) is 11.8 Å². The largest absolute Gasteiger partial charge is 0.497 e. The fraction of sp³-hybridized carbons (Fsp3) is 0.389. The minimum Gasteiger partial charge on any atom is -0.497 e. The average molecular weight is 288 g/mol. The number of hydrogen-bond acceptors (Lipinski definition) is 3. The second-order valence-electron chi connectivity index (χ2n) is 5.10. The van der Waals surface area contributed by atoms with E-state index in [-0.39, 0.29) is 17.9 Å². The zero-order chi connectivity index (χ0) is 15.7. The van der Waals surface area contributed by atoms with E-state index < -0.39 is 0 Å². The molecule has 0 aliphatic carbocycles. The summed E-state index contributed by atoms with van der Waals surface area (Å²) in [6.07, 6.45) is 6.40. The van der Waals surface area contributed by atoms with Crippen LogP contribution in [0.25, 0.3) is 0 Å². The summed E-state index contributed by atoms with van der Waals surface area (Å²) in [4.78, 5) is 11.1. The van der Waals surface area contributed by atoms with Crippen molar-refractivity contribution in [2.45, 2.75) is 26.6 Å². The van der Waals surface area contributed by atoms with Crippen LogP contribution in [0.2, 0.25) is 0 Å². The summed E-state index contributed by atoms with van der Waals surface area (Å²) < 4.78 is 11.1. The molecule has 0 radical (unpaired) electrons. The van der Waals surface area contributed by atoms with E-state index in [1.807, 2.05) is 50.3 Å². The Labute approximate surface area is 127 Å². The summed E-state index contributed by atoms with van der Waals surface area (Å²) in [7, 11) is 1.64. The van der Waals surface area contributed by atoms with Crippen molar-refractivity contribution in [2.75, 3.05) is 7.11 Å². The third-order valence-electron chi connectivity index (χ3n) is 3.40. The molecule has 0 unspecified atom stereocenters. The van der Waals surface area contributed by atoms with Crippen molar-refractivity contribution in [1.82, 2.24) is 0 Å². The first-order chi connectivity index (χ1) is 10.1. The summed E-state index contributed by atoms with van der Waals surface area (Å²) >= 11 is 0. The molecule has 0 spiro atoms. The minimum absolute atomic E-state index is 0.140. The molecule has 3 nitrogen and oxygen atoms in total. The number of methoxy groups -OCH3 is 1. The van der Waals surface area contributed by atoms with Crippen LogP contribution in [-0.2, 0) is 16.1 Å². The fourth-order valence-corrected chi connectivity index (χ4v) is 2.14. The first kappa shape index (κ1) is 17.2. The highest BCUT2D eigenvalue weighted by molar-refractivity contribution is 5.54. The molecule has 0 N–H and O–H groups in total. The average Bonchev–Trinajstić information content (AvgIpc) is 2.53. The Hall–Kier alpha value is -1.87. The van der Waals surface area contributed by atoms with Gasteiger partial charge < -0.3 is 14.3 Å². The Kier molecular flexibility index (Phi) is 7.48. The third-order valence-corrected chi connectivity index (χ3v) is 3.40. The van der Waals surface area contributed by atoms with E-state index in [0.29, 0.717) is 6.61 Å². The molecule has 1 aromatic carbocycles. The molecule has 21 heavy (non-hydrogen) atoms. The maximum atomic E-state index is 11.1. The Morgan fingerprint density at radius 1 is 1.19 bits per heavy atom.